The van der Waals surface area contributed by atoms with Crippen molar-refractivity contribution >= 4 is 28.7 Å². The molecule has 19 heavy (non-hydrogen) atoms. The number of benzene rings is 1. The molecule has 0 radical (unpaired) electrons. The molecule has 0 saturated heterocycles. The maximum atomic E-state index is 12.1. The van der Waals surface area contributed by atoms with Crippen molar-refractivity contribution in [1.82, 2.24) is 4.98 Å². The van der Waals surface area contributed by atoms with E-state index in [1.54, 1.807) is 31.5 Å². The van der Waals surface area contributed by atoms with Crippen LogP contribution in [0.5, 0.6) is 11.5 Å². The summed E-state index contributed by atoms with van der Waals surface area (Å²) in [6, 6.07) is 5.19. The largest absolute Gasteiger partial charge is 0.497 e. The lowest BCUT2D eigenvalue weighted by atomic mass is 10.0. The van der Waals surface area contributed by atoms with Crippen molar-refractivity contribution in [3.05, 3.63) is 39.3 Å². The molecule has 0 N–H and O–H groups in total. The van der Waals surface area contributed by atoms with E-state index in [2.05, 4.69) is 4.98 Å². The van der Waals surface area contributed by atoms with Crippen LogP contribution in [0.1, 0.15) is 27.9 Å². The van der Waals surface area contributed by atoms with E-state index >= 15 is 0 Å². The molecular formula is C13H10ClNO3S. The Morgan fingerprint density at radius 1 is 1.53 bits per heavy atom. The van der Waals surface area contributed by atoms with Gasteiger partial charge in [-0.3, -0.25) is 4.79 Å². The third-order valence-corrected chi connectivity index (χ3v) is 4.11. The molecule has 0 aliphatic carbocycles. The molecule has 0 saturated carbocycles. The Bertz CT molecular complexity index is 641. The summed E-state index contributed by atoms with van der Waals surface area (Å²) < 4.78 is 11.6. The van der Waals surface area contributed by atoms with Gasteiger partial charge in [-0.1, -0.05) is 11.6 Å². The fraction of sp³-hybridized carbons (Fsp3) is 0.231. The van der Waals surface area contributed by atoms with Gasteiger partial charge in [0, 0.05) is 6.07 Å². The second-order valence-corrected chi connectivity index (χ2v) is 5.79. The van der Waals surface area contributed by atoms with Gasteiger partial charge in [0.15, 0.2) is 11.9 Å². The van der Waals surface area contributed by atoms with Gasteiger partial charge in [0.25, 0.3) is 0 Å². The average Bonchev–Trinajstić information content (AvgIpc) is 2.84. The van der Waals surface area contributed by atoms with Gasteiger partial charge in [0.1, 0.15) is 20.8 Å². The lowest BCUT2D eigenvalue weighted by molar-refractivity contribution is 0.0849. The van der Waals surface area contributed by atoms with Crippen LogP contribution in [0.2, 0.25) is 4.34 Å². The van der Waals surface area contributed by atoms with Crippen LogP contribution in [0, 0.1) is 0 Å². The van der Waals surface area contributed by atoms with Crippen molar-refractivity contribution in [3.8, 4) is 11.5 Å². The van der Waals surface area contributed by atoms with E-state index in [9.17, 15) is 4.79 Å². The van der Waals surface area contributed by atoms with Crippen LogP contribution in [0.25, 0.3) is 0 Å². The number of aromatic nitrogens is 1. The SMILES string of the molecule is COc1ccc2c(c1)OC(c1ncc(Cl)s1)CC2=O. The summed E-state index contributed by atoms with van der Waals surface area (Å²) in [5, 5.41) is 0.715. The van der Waals surface area contributed by atoms with Crippen molar-refractivity contribution < 1.29 is 14.3 Å². The lowest BCUT2D eigenvalue weighted by Crippen LogP contribution is -2.20. The third-order valence-electron chi connectivity index (χ3n) is 2.90. The minimum Gasteiger partial charge on any atom is -0.497 e. The number of rotatable bonds is 2. The fourth-order valence-electron chi connectivity index (χ4n) is 1.98. The number of ketones is 1. The highest BCUT2D eigenvalue weighted by molar-refractivity contribution is 7.15. The molecule has 1 atom stereocenters. The maximum Gasteiger partial charge on any atom is 0.170 e. The van der Waals surface area contributed by atoms with Gasteiger partial charge in [-0.25, -0.2) is 4.98 Å². The van der Waals surface area contributed by atoms with E-state index in [0.717, 1.165) is 0 Å². The number of Topliss-reactive ketones (excluding diaryl/α,β-unsaturated/α-hetero) is 1. The smallest absolute Gasteiger partial charge is 0.170 e. The number of nitrogens with zero attached hydrogens (tertiary/aromatic N) is 1. The minimum atomic E-state index is -0.371. The first-order chi connectivity index (χ1) is 9.17. The molecule has 2 aromatic rings. The Balaban J connectivity index is 1.96. The normalized spacial score (nSPS) is 17.8. The van der Waals surface area contributed by atoms with Crippen molar-refractivity contribution in [2.45, 2.75) is 12.5 Å². The van der Waals surface area contributed by atoms with Crippen LogP contribution in [-0.2, 0) is 0 Å². The van der Waals surface area contributed by atoms with Crippen molar-refractivity contribution in [2.75, 3.05) is 7.11 Å². The van der Waals surface area contributed by atoms with Crippen molar-refractivity contribution in [1.29, 1.82) is 0 Å². The van der Waals surface area contributed by atoms with E-state index in [0.29, 0.717) is 26.4 Å². The predicted octanol–water partition coefficient (Wildman–Crippen LogP) is 3.51. The standard InChI is InChI=1S/C13H10ClNO3S/c1-17-7-2-3-8-9(16)5-11(18-10(8)4-7)13-15-6-12(14)19-13/h2-4,6,11H,5H2,1H3. The molecule has 1 aromatic carbocycles. The van der Waals surface area contributed by atoms with Crippen LogP contribution in [0.4, 0.5) is 0 Å². The third kappa shape index (κ3) is 2.31. The number of fused-ring (bicyclic) bond motifs is 1. The zero-order valence-corrected chi connectivity index (χ0v) is 11.6. The van der Waals surface area contributed by atoms with Gasteiger partial charge in [0.2, 0.25) is 0 Å². The molecular weight excluding hydrogens is 286 g/mol. The van der Waals surface area contributed by atoms with E-state index in [4.69, 9.17) is 21.1 Å². The van der Waals surface area contributed by atoms with Crippen LogP contribution in [0.3, 0.4) is 0 Å². The molecule has 0 spiro atoms. The highest BCUT2D eigenvalue weighted by Crippen LogP contribution is 2.38. The Labute approximate surface area is 118 Å². The van der Waals surface area contributed by atoms with Crippen LogP contribution < -0.4 is 9.47 Å². The molecule has 1 aliphatic heterocycles. The number of hydrogen-bond acceptors (Lipinski definition) is 5. The van der Waals surface area contributed by atoms with Gasteiger partial charge < -0.3 is 9.47 Å². The number of carbonyl (C=O) groups is 1. The van der Waals surface area contributed by atoms with Crippen molar-refractivity contribution in [3.63, 3.8) is 0 Å². The zero-order chi connectivity index (χ0) is 13.4. The maximum absolute atomic E-state index is 12.1. The molecule has 1 unspecified atom stereocenters. The molecule has 0 bridgehead atoms. The van der Waals surface area contributed by atoms with Gasteiger partial charge >= 0.3 is 0 Å². The molecule has 0 amide bonds. The summed E-state index contributed by atoms with van der Waals surface area (Å²) in [6.45, 7) is 0. The Kier molecular flexibility index (Phi) is 3.16. The molecule has 98 valence electrons. The summed E-state index contributed by atoms with van der Waals surface area (Å²) in [6.07, 6.45) is 1.48. The molecule has 2 heterocycles. The molecule has 0 fully saturated rings. The van der Waals surface area contributed by atoms with E-state index in [-0.39, 0.29) is 18.3 Å². The van der Waals surface area contributed by atoms with Gasteiger partial charge in [-0.15, -0.1) is 11.3 Å². The molecule has 1 aliphatic rings. The van der Waals surface area contributed by atoms with Gasteiger partial charge in [0.05, 0.1) is 25.3 Å². The van der Waals surface area contributed by atoms with E-state index in [1.807, 2.05) is 0 Å². The highest BCUT2D eigenvalue weighted by Gasteiger charge is 2.29. The first-order valence-corrected chi connectivity index (χ1v) is 6.86. The van der Waals surface area contributed by atoms with Crippen LogP contribution in [0.15, 0.2) is 24.4 Å². The summed E-state index contributed by atoms with van der Waals surface area (Å²) in [7, 11) is 1.57. The van der Waals surface area contributed by atoms with Gasteiger partial charge in [-0.05, 0) is 12.1 Å². The molecule has 3 rings (SSSR count). The van der Waals surface area contributed by atoms with Crippen LogP contribution in [-0.4, -0.2) is 17.9 Å². The molecule has 1 aromatic heterocycles. The number of halogens is 1. The van der Waals surface area contributed by atoms with Crippen molar-refractivity contribution in [2.24, 2.45) is 0 Å². The number of carbonyl (C=O) groups excluding carboxylic acids is 1. The summed E-state index contributed by atoms with van der Waals surface area (Å²) >= 11 is 7.19. The first-order valence-electron chi connectivity index (χ1n) is 5.66. The lowest BCUT2D eigenvalue weighted by Gasteiger charge is -2.23. The number of thiazole rings is 1. The topological polar surface area (TPSA) is 48.4 Å². The fourth-order valence-corrected chi connectivity index (χ4v) is 2.94. The summed E-state index contributed by atoms with van der Waals surface area (Å²) in [5.41, 5.74) is 0.583. The second kappa shape index (κ2) is 4.83. The number of hydrogen-bond donors (Lipinski definition) is 0. The predicted molar refractivity (Wildman–Crippen MR) is 72.4 cm³/mol. The Morgan fingerprint density at radius 2 is 2.37 bits per heavy atom. The highest BCUT2D eigenvalue weighted by atomic mass is 35.5. The van der Waals surface area contributed by atoms with E-state index in [1.165, 1.54) is 11.3 Å². The van der Waals surface area contributed by atoms with Gasteiger partial charge in [-0.2, -0.15) is 0 Å². The average molecular weight is 296 g/mol. The quantitative estimate of drug-likeness (QED) is 0.850. The molecule has 4 nitrogen and oxygen atoms in total. The van der Waals surface area contributed by atoms with Crippen LogP contribution >= 0.6 is 22.9 Å². The molecule has 6 heteroatoms. The van der Waals surface area contributed by atoms with E-state index < -0.39 is 0 Å². The Morgan fingerprint density at radius 3 is 3.05 bits per heavy atom. The number of ether oxygens (including phenoxy) is 2. The first kappa shape index (κ1) is 12.4. The monoisotopic (exact) mass is 295 g/mol. The number of methoxy groups -OCH3 is 1. The summed E-state index contributed by atoms with van der Waals surface area (Å²) in [5.74, 6) is 1.23. The second-order valence-electron chi connectivity index (χ2n) is 4.10. The zero-order valence-electron chi connectivity index (χ0n) is 10.1. The minimum absolute atomic E-state index is 0.0419. The summed E-state index contributed by atoms with van der Waals surface area (Å²) in [4.78, 5) is 16.3. The Hall–Kier alpha value is -1.59.